The minimum Gasteiger partial charge on any atom is -0.406 e. The monoisotopic (exact) mass is 287 g/mol. The molecule has 1 heterocycles. The molecule has 2 aromatic rings. The molecule has 0 aliphatic heterocycles. The lowest BCUT2D eigenvalue weighted by Gasteiger charge is -2.08. The Morgan fingerprint density at radius 1 is 1.20 bits per heavy atom. The number of ether oxygens (including phenoxy) is 1. The van der Waals surface area contributed by atoms with E-state index < -0.39 is 6.36 Å². The smallest absolute Gasteiger partial charge is 0.406 e. The molecule has 0 radical (unpaired) electrons. The molecule has 0 unspecified atom stereocenters. The Labute approximate surface area is 112 Å². The van der Waals surface area contributed by atoms with Crippen molar-refractivity contribution in [3.8, 4) is 17.2 Å². The van der Waals surface area contributed by atoms with Crippen molar-refractivity contribution in [1.29, 1.82) is 0 Å². The Morgan fingerprint density at radius 2 is 1.90 bits per heavy atom. The topological polar surface area (TPSA) is 74.2 Å². The zero-order valence-corrected chi connectivity index (χ0v) is 10.4. The Morgan fingerprint density at radius 3 is 2.50 bits per heavy atom. The van der Waals surface area contributed by atoms with Crippen LogP contribution in [-0.2, 0) is 6.42 Å². The van der Waals surface area contributed by atoms with E-state index in [4.69, 9.17) is 10.3 Å². The number of aryl methyl sites for hydroxylation is 1. The molecule has 1 aromatic carbocycles. The van der Waals surface area contributed by atoms with E-state index in [1.54, 1.807) is 0 Å². The number of aromatic nitrogens is 2. The van der Waals surface area contributed by atoms with Gasteiger partial charge in [0.25, 0.3) is 5.89 Å². The second-order valence-corrected chi connectivity index (χ2v) is 3.98. The van der Waals surface area contributed by atoms with Gasteiger partial charge in [-0.3, -0.25) is 0 Å². The second-order valence-electron chi connectivity index (χ2n) is 3.98. The molecule has 0 aliphatic carbocycles. The first-order valence-corrected chi connectivity index (χ1v) is 5.87. The summed E-state index contributed by atoms with van der Waals surface area (Å²) >= 11 is 0. The molecule has 0 aliphatic rings. The zero-order chi connectivity index (χ0) is 14.6. The number of halogens is 3. The van der Waals surface area contributed by atoms with Crippen molar-refractivity contribution < 1.29 is 22.4 Å². The maximum Gasteiger partial charge on any atom is 0.573 e. The van der Waals surface area contributed by atoms with Gasteiger partial charge in [-0.15, -0.1) is 13.2 Å². The fraction of sp³-hybridized carbons (Fsp3) is 0.333. The normalized spacial score (nSPS) is 11.6. The van der Waals surface area contributed by atoms with Crippen LogP contribution in [-0.4, -0.2) is 23.0 Å². The van der Waals surface area contributed by atoms with Crippen LogP contribution < -0.4 is 10.5 Å². The number of nitrogens with zero attached hydrogens (tertiary/aromatic N) is 2. The van der Waals surface area contributed by atoms with Crippen molar-refractivity contribution in [3.63, 3.8) is 0 Å². The van der Waals surface area contributed by atoms with Crippen LogP contribution in [0.25, 0.3) is 11.5 Å². The van der Waals surface area contributed by atoms with E-state index in [2.05, 4.69) is 14.9 Å². The molecule has 5 nitrogen and oxygen atoms in total. The maximum absolute atomic E-state index is 12.0. The molecule has 0 spiro atoms. The van der Waals surface area contributed by atoms with E-state index in [1.807, 2.05) is 0 Å². The SMILES string of the molecule is NCCCc1noc(-c2ccc(OC(F)(F)F)cc2)n1. The highest BCUT2D eigenvalue weighted by atomic mass is 19.4. The van der Waals surface area contributed by atoms with Crippen molar-refractivity contribution in [1.82, 2.24) is 10.1 Å². The predicted molar refractivity (Wildman–Crippen MR) is 63.8 cm³/mol. The average molecular weight is 287 g/mol. The predicted octanol–water partition coefficient (Wildman–Crippen LogP) is 2.53. The molecule has 8 heteroatoms. The van der Waals surface area contributed by atoms with Crippen LogP contribution in [0.5, 0.6) is 5.75 Å². The van der Waals surface area contributed by atoms with Crippen molar-refractivity contribution in [2.24, 2.45) is 5.73 Å². The fourth-order valence-electron chi connectivity index (χ4n) is 1.53. The van der Waals surface area contributed by atoms with Crippen LogP contribution in [0.3, 0.4) is 0 Å². The summed E-state index contributed by atoms with van der Waals surface area (Å²) in [4.78, 5) is 4.13. The zero-order valence-electron chi connectivity index (χ0n) is 10.4. The molecule has 0 amide bonds. The Bertz CT molecular complexity index is 552. The highest BCUT2D eigenvalue weighted by Crippen LogP contribution is 2.25. The third-order valence-corrected chi connectivity index (χ3v) is 2.41. The number of alkyl halides is 3. The van der Waals surface area contributed by atoms with Crippen molar-refractivity contribution in [3.05, 3.63) is 30.1 Å². The number of rotatable bonds is 5. The summed E-state index contributed by atoms with van der Waals surface area (Å²) in [5, 5.41) is 3.76. The fourth-order valence-corrected chi connectivity index (χ4v) is 1.53. The first-order chi connectivity index (χ1) is 9.48. The number of hydrogen-bond acceptors (Lipinski definition) is 5. The molecule has 20 heavy (non-hydrogen) atoms. The lowest BCUT2D eigenvalue weighted by molar-refractivity contribution is -0.274. The Hall–Kier alpha value is -2.09. The van der Waals surface area contributed by atoms with Gasteiger partial charge in [-0.1, -0.05) is 5.16 Å². The van der Waals surface area contributed by atoms with Gasteiger partial charge in [0.15, 0.2) is 5.82 Å². The summed E-state index contributed by atoms with van der Waals surface area (Å²) in [6, 6.07) is 5.21. The summed E-state index contributed by atoms with van der Waals surface area (Å²) in [5.41, 5.74) is 5.89. The molecule has 2 rings (SSSR count). The lowest BCUT2D eigenvalue weighted by Crippen LogP contribution is -2.16. The maximum atomic E-state index is 12.0. The molecule has 0 saturated carbocycles. The van der Waals surface area contributed by atoms with Crippen LogP contribution in [0.4, 0.5) is 13.2 Å². The molecular formula is C12H12F3N3O2. The summed E-state index contributed by atoms with van der Waals surface area (Å²) in [6.45, 7) is 0.521. The molecular weight excluding hydrogens is 275 g/mol. The van der Waals surface area contributed by atoms with E-state index >= 15 is 0 Å². The van der Waals surface area contributed by atoms with E-state index in [9.17, 15) is 13.2 Å². The molecule has 0 saturated heterocycles. The summed E-state index contributed by atoms with van der Waals surface area (Å²) in [6.07, 6.45) is -3.38. The third-order valence-electron chi connectivity index (χ3n) is 2.41. The van der Waals surface area contributed by atoms with Crippen LogP contribution in [0, 0.1) is 0 Å². The van der Waals surface area contributed by atoms with Crippen LogP contribution >= 0.6 is 0 Å². The second kappa shape index (κ2) is 5.91. The summed E-state index contributed by atoms with van der Waals surface area (Å²) in [7, 11) is 0. The van der Waals surface area contributed by atoms with Crippen LogP contribution in [0.1, 0.15) is 12.2 Å². The Kier molecular flexibility index (Phi) is 4.23. The van der Waals surface area contributed by atoms with Gasteiger partial charge in [0.1, 0.15) is 5.75 Å². The van der Waals surface area contributed by atoms with E-state index in [0.717, 1.165) is 6.42 Å². The standard InChI is InChI=1S/C12H12F3N3O2/c13-12(14,15)19-9-5-3-8(4-6-9)11-17-10(18-20-11)2-1-7-16/h3-6H,1-2,7,16H2. The highest BCUT2D eigenvalue weighted by molar-refractivity contribution is 5.54. The third kappa shape index (κ3) is 3.95. The first kappa shape index (κ1) is 14.3. The average Bonchev–Trinajstić information content (AvgIpc) is 2.84. The quantitative estimate of drug-likeness (QED) is 0.914. The van der Waals surface area contributed by atoms with Gasteiger partial charge >= 0.3 is 6.36 Å². The van der Waals surface area contributed by atoms with E-state index in [-0.39, 0.29) is 11.6 Å². The number of nitrogens with two attached hydrogens (primary N) is 1. The highest BCUT2D eigenvalue weighted by Gasteiger charge is 2.31. The number of benzene rings is 1. The number of hydrogen-bond donors (Lipinski definition) is 1. The van der Waals surface area contributed by atoms with Gasteiger partial charge in [0.2, 0.25) is 0 Å². The summed E-state index contributed by atoms with van der Waals surface area (Å²) in [5.74, 6) is 0.459. The van der Waals surface area contributed by atoms with Gasteiger partial charge in [0, 0.05) is 12.0 Å². The van der Waals surface area contributed by atoms with Gasteiger partial charge in [-0.25, -0.2) is 0 Å². The van der Waals surface area contributed by atoms with Crippen LogP contribution in [0.15, 0.2) is 28.8 Å². The van der Waals surface area contributed by atoms with Crippen molar-refractivity contribution >= 4 is 0 Å². The van der Waals surface area contributed by atoms with E-state index in [1.165, 1.54) is 24.3 Å². The van der Waals surface area contributed by atoms with Crippen molar-refractivity contribution in [2.45, 2.75) is 19.2 Å². The van der Waals surface area contributed by atoms with Crippen LogP contribution in [0.2, 0.25) is 0 Å². The lowest BCUT2D eigenvalue weighted by atomic mass is 10.2. The molecule has 1 aromatic heterocycles. The minimum atomic E-state index is -4.71. The van der Waals surface area contributed by atoms with Gasteiger partial charge in [-0.05, 0) is 37.2 Å². The first-order valence-electron chi connectivity index (χ1n) is 5.87. The van der Waals surface area contributed by atoms with Gasteiger partial charge in [0.05, 0.1) is 0 Å². The van der Waals surface area contributed by atoms with Gasteiger partial charge in [-0.2, -0.15) is 4.98 Å². The molecule has 2 N–H and O–H groups in total. The van der Waals surface area contributed by atoms with E-state index in [0.29, 0.717) is 24.4 Å². The Balaban J connectivity index is 2.07. The molecule has 108 valence electrons. The molecule has 0 fully saturated rings. The summed E-state index contributed by atoms with van der Waals surface area (Å²) < 4.78 is 44.8. The van der Waals surface area contributed by atoms with Gasteiger partial charge < -0.3 is 15.0 Å². The molecule has 0 atom stereocenters. The largest absolute Gasteiger partial charge is 0.573 e. The van der Waals surface area contributed by atoms with Crippen molar-refractivity contribution in [2.75, 3.05) is 6.54 Å². The molecule has 0 bridgehead atoms. The minimum absolute atomic E-state index is 0.246.